The van der Waals surface area contributed by atoms with Crippen LogP contribution in [0.15, 0.2) is 42.5 Å². The summed E-state index contributed by atoms with van der Waals surface area (Å²) in [4.78, 5) is 16.1. The Balaban J connectivity index is 2.29. The average Bonchev–Trinajstić information content (AvgIpc) is 2.54. The molecule has 1 aromatic heterocycles. The molecule has 0 saturated carbocycles. The summed E-state index contributed by atoms with van der Waals surface area (Å²) in [6.07, 6.45) is -1.88. The summed E-state index contributed by atoms with van der Waals surface area (Å²) in [6, 6.07) is 13.2. The third-order valence-corrected chi connectivity index (χ3v) is 3.62. The zero-order valence-corrected chi connectivity index (χ0v) is 12.5. The van der Waals surface area contributed by atoms with Gasteiger partial charge in [-0.25, -0.2) is 14.2 Å². The number of pyridine rings is 1. The molecule has 0 fully saturated rings. The van der Waals surface area contributed by atoms with E-state index in [1.807, 2.05) is 43.3 Å². The Hall–Kier alpha value is -2.49. The van der Waals surface area contributed by atoms with Crippen LogP contribution in [0.3, 0.4) is 0 Å². The lowest BCUT2D eigenvalue weighted by Gasteiger charge is -2.12. The molecule has 1 heterocycles. The molecule has 2 aromatic carbocycles. The second-order valence-electron chi connectivity index (χ2n) is 5.18. The molecule has 1 atom stereocenters. The number of rotatable bonds is 3. The number of hydrogen-bond acceptors (Lipinski definition) is 3. The van der Waals surface area contributed by atoms with Crippen molar-refractivity contribution in [3.8, 4) is 0 Å². The summed E-state index contributed by atoms with van der Waals surface area (Å²) in [7, 11) is 0. The minimum Gasteiger partial charge on any atom is -0.464 e. The number of alkyl halides is 1. The molecule has 0 N–H and O–H groups in total. The Morgan fingerprint density at radius 1 is 1.18 bits per heavy atom. The monoisotopic (exact) mass is 297 g/mol. The molecular formula is C18H16FNO2. The second-order valence-corrected chi connectivity index (χ2v) is 5.18. The fourth-order valence-corrected chi connectivity index (χ4v) is 2.61. The van der Waals surface area contributed by atoms with Crippen molar-refractivity contribution in [3.63, 3.8) is 0 Å². The first-order valence-electron chi connectivity index (χ1n) is 7.21. The van der Waals surface area contributed by atoms with Crippen molar-refractivity contribution < 1.29 is 13.9 Å². The number of ether oxygens (including phenoxy) is 1. The molecule has 0 aliphatic heterocycles. The summed E-state index contributed by atoms with van der Waals surface area (Å²) in [5.41, 5.74) is 1.89. The third kappa shape index (κ3) is 2.41. The molecule has 0 saturated heterocycles. The molecule has 4 heteroatoms. The van der Waals surface area contributed by atoms with E-state index in [0.717, 1.165) is 16.3 Å². The Kier molecular flexibility index (Phi) is 3.75. The molecule has 3 aromatic rings. The number of carbonyl (C=O) groups is 1. The number of halogens is 1. The van der Waals surface area contributed by atoms with E-state index in [4.69, 9.17) is 4.74 Å². The van der Waals surface area contributed by atoms with Gasteiger partial charge in [0, 0.05) is 10.8 Å². The van der Waals surface area contributed by atoms with Gasteiger partial charge in [-0.05, 0) is 31.4 Å². The Morgan fingerprint density at radius 2 is 1.91 bits per heavy atom. The van der Waals surface area contributed by atoms with Crippen LogP contribution in [0.2, 0.25) is 0 Å². The smallest absolute Gasteiger partial charge is 0.347 e. The number of fused-ring (bicyclic) bond motifs is 3. The summed E-state index contributed by atoms with van der Waals surface area (Å²) in [6.45, 7) is 3.79. The van der Waals surface area contributed by atoms with Crippen LogP contribution in [0.5, 0.6) is 0 Å². The van der Waals surface area contributed by atoms with E-state index < -0.39 is 12.1 Å². The SMILES string of the molecule is CCOC(=O)[C@@H](F)c1nc2ccc(C)cc2c2ccccc12. The number of aromatic nitrogens is 1. The quantitative estimate of drug-likeness (QED) is 0.535. The molecule has 0 aliphatic carbocycles. The molecule has 22 heavy (non-hydrogen) atoms. The standard InChI is InChI=1S/C18H16FNO2/c1-3-22-18(21)16(19)17-13-7-5-4-6-12(13)14-10-11(2)8-9-15(14)20-17/h4-10,16H,3H2,1-2H3/t16-/m0/s1. The maximum absolute atomic E-state index is 14.5. The molecule has 0 aliphatic rings. The first-order valence-corrected chi connectivity index (χ1v) is 7.21. The van der Waals surface area contributed by atoms with Crippen LogP contribution in [-0.2, 0) is 9.53 Å². The molecular weight excluding hydrogens is 281 g/mol. The van der Waals surface area contributed by atoms with Crippen LogP contribution in [0.25, 0.3) is 21.7 Å². The van der Waals surface area contributed by atoms with Crippen LogP contribution in [0.1, 0.15) is 24.4 Å². The van der Waals surface area contributed by atoms with Crippen LogP contribution in [0, 0.1) is 6.92 Å². The van der Waals surface area contributed by atoms with Crippen molar-refractivity contribution in [1.82, 2.24) is 4.98 Å². The van der Waals surface area contributed by atoms with Gasteiger partial charge in [-0.2, -0.15) is 0 Å². The molecule has 0 bridgehead atoms. The van der Waals surface area contributed by atoms with Crippen LogP contribution < -0.4 is 0 Å². The normalized spacial score (nSPS) is 12.5. The summed E-state index contributed by atoms with van der Waals surface area (Å²) >= 11 is 0. The summed E-state index contributed by atoms with van der Waals surface area (Å²) in [5, 5.41) is 2.48. The van der Waals surface area contributed by atoms with Gasteiger partial charge in [-0.15, -0.1) is 0 Å². The lowest BCUT2D eigenvalue weighted by Crippen LogP contribution is -2.13. The van der Waals surface area contributed by atoms with Crippen molar-refractivity contribution >= 4 is 27.6 Å². The van der Waals surface area contributed by atoms with Crippen molar-refractivity contribution in [1.29, 1.82) is 0 Å². The maximum Gasteiger partial charge on any atom is 0.347 e. The van der Waals surface area contributed by atoms with E-state index in [0.29, 0.717) is 10.9 Å². The van der Waals surface area contributed by atoms with E-state index in [-0.39, 0.29) is 12.3 Å². The van der Waals surface area contributed by atoms with Gasteiger partial charge in [-0.1, -0.05) is 35.9 Å². The van der Waals surface area contributed by atoms with E-state index in [2.05, 4.69) is 4.98 Å². The van der Waals surface area contributed by atoms with Crippen molar-refractivity contribution in [2.45, 2.75) is 20.0 Å². The van der Waals surface area contributed by atoms with Gasteiger partial charge in [-0.3, -0.25) is 0 Å². The molecule has 0 unspecified atom stereocenters. The van der Waals surface area contributed by atoms with E-state index >= 15 is 0 Å². The molecule has 112 valence electrons. The lowest BCUT2D eigenvalue weighted by molar-refractivity contribution is -0.149. The minimum atomic E-state index is -1.88. The fourth-order valence-electron chi connectivity index (χ4n) is 2.61. The number of hydrogen-bond donors (Lipinski definition) is 0. The first-order chi connectivity index (χ1) is 10.6. The third-order valence-electron chi connectivity index (χ3n) is 3.62. The maximum atomic E-state index is 14.5. The van der Waals surface area contributed by atoms with Gasteiger partial charge < -0.3 is 4.74 Å². The minimum absolute atomic E-state index is 0.116. The van der Waals surface area contributed by atoms with Gasteiger partial charge in [0.2, 0.25) is 6.17 Å². The number of benzene rings is 2. The van der Waals surface area contributed by atoms with Crippen LogP contribution >= 0.6 is 0 Å². The van der Waals surface area contributed by atoms with E-state index in [1.165, 1.54) is 0 Å². The highest BCUT2D eigenvalue weighted by molar-refractivity contribution is 6.07. The van der Waals surface area contributed by atoms with Crippen LogP contribution in [0.4, 0.5) is 4.39 Å². The van der Waals surface area contributed by atoms with Gasteiger partial charge in [0.25, 0.3) is 0 Å². The van der Waals surface area contributed by atoms with Crippen LogP contribution in [-0.4, -0.2) is 17.6 Å². The Morgan fingerprint density at radius 3 is 2.64 bits per heavy atom. The second kappa shape index (κ2) is 5.72. The first kappa shape index (κ1) is 14.4. The van der Waals surface area contributed by atoms with Crippen molar-refractivity contribution in [2.24, 2.45) is 0 Å². The summed E-state index contributed by atoms with van der Waals surface area (Å²) in [5.74, 6) is -0.897. The zero-order valence-electron chi connectivity index (χ0n) is 12.5. The summed E-state index contributed by atoms with van der Waals surface area (Å²) < 4.78 is 19.3. The van der Waals surface area contributed by atoms with E-state index in [9.17, 15) is 9.18 Å². The largest absolute Gasteiger partial charge is 0.464 e. The molecule has 0 amide bonds. The Bertz CT molecular complexity index is 860. The molecule has 0 radical (unpaired) electrons. The number of aryl methyl sites for hydroxylation is 1. The van der Waals surface area contributed by atoms with E-state index in [1.54, 1.807) is 13.0 Å². The lowest BCUT2D eigenvalue weighted by atomic mass is 10.0. The fraction of sp³-hybridized carbons (Fsp3) is 0.222. The predicted molar refractivity (Wildman–Crippen MR) is 84.5 cm³/mol. The molecule has 3 nitrogen and oxygen atoms in total. The highest BCUT2D eigenvalue weighted by Gasteiger charge is 2.25. The number of esters is 1. The molecule has 3 rings (SSSR count). The van der Waals surface area contributed by atoms with Gasteiger partial charge in [0.1, 0.15) is 0 Å². The molecule has 0 spiro atoms. The van der Waals surface area contributed by atoms with Gasteiger partial charge in [0.05, 0.1) is 17.8 Å². The topological polar surface area (TPSA) is 39.2 Å². The van der Waals surface area contributed by atoms with Gasteiger partial charge >= 0.3 is 5.97 Å². The number of carbonyl (C=O) groups excluding carboxylic acids is 1. The highest BCUT2D eigenvalue weighted by atomic mass is 19.1. The number of nitrogens with zero attached hydrogens (tertiary/aromatic N) is 1. The zero-order chi connectivity index (χ0) is 15.7. The van der Waals surface area contributed by atoms with Gasteiger partial charge in [0.15, 0.2) is 0 Å². The Labute approximate surface area is 127 Å². The van der Waals surface area contributed by atoms with Crippen molar-refractivity contribution in [3.05, 3.63) is 53.7 Å². The average molecular weight is 297 g/mol. The highest BCUT2D eigenvalue weighted by Crippen LogP contribution is 2.31. The van der Waals surface area contributed by atoms with Crippen molar-refractivity contribution in [2.75, 3.05) is 6.61 Å². The predicted octanol–water partition coefficient (Wildman–Crippen LogP) is 4.27.